The number of nitrogens with zero attached hydrogens (tertiary/aromatic N) is 3. The van der Waals surface area contributed by atoms with Crippen LogP contribution in [0.1, 0.15) is 74.0 Å². The van der Waals surface area contributed by atoms with Crippen molar-refractivity contribution in [2.24, 2.45) is 0 Å². The summed E-state index contributed by atoms with van der Waals surface area (Å²) in [6.45, 7) is 8.09. The molecule has 1 amide bonds. The summed E-state index contributed by atoms with van der Waals surface area (Å²) >= 11 is 0. The lowest BCUT2D eigenvalue weighted by molar-refractivity contribution is 0.104. The maximum Gasteiger partial charge on any atom is 0.409 e. The Kier molecular flexibility index (Phi) is 7.62. The topological polar surface area (TPSA) is 36.0 Å². The molecule has 0 unspecified atom stereocenters. The average molecular weight is 476 g/mol. The number of anilines is 1. The summed E-state index contributed by atoms with van der Waals surface area (Å²) in [5, 5.41) is 0. The SMILES string of the molecule is C[C@@H]1C[C@@H](CCN(C)C(=O)OCc2ccccc2)c2ccc(N3CCN(C4CCCC4)CC3)cc21. The number of hydrogen-bond acceptors (Lipinski definition) is 4. The third kappa shape index (κ3) is 5.66. The molecule has 5 nitrogen and oxygen atoms in total. The summed E-state index contributed by atoms with van der Waals surface area (Å²) in [6, 6.07) is 17.9. The zero-order chi connectivity index (χ0) is 24.2. The Morgan fingerprint density at radius 2 is 1.74 bits per heavy atom. The molecule has 0 bridgehead atoms. The van der Waals surface area contributed by atoms with Gasteiger partial charge in [-0.2, -0.15) is 0 Å². The van der Waals surface area contributed by atoms with Crippen LogP contribution >= 0.6 is 0 Å². The predicted octanol–water partition coefficient (Wildman–Crippen LogP) is 6.00. The molecule has 35 heavy (non-hydrogen) atoms. The van der Waals surface area contributed by atoms with Gasteiger partial charge in [-0.15, -0.1) is 0 Å². The molecule has 1 saturated carbocycles. The van der Waals surface area contributed by atoms with E-state index in [1.54, 1.807) is 4.90 Å². The highest BCUT2D eigenvalue weighted by Gasteiger charge is 2.30. The van der Waals surface area contributed by atoms with Crippen molar-refractivity contribution in [3.8, 4) is 0 Å². The number of carbonyl (C=O) groups excluding carboxylic acids is 1. The molecule has 3 aliphatic rings. The lowest BCUT2D eigenvalue weighted by Crippen LogP contribution is -2.49. The van der Waals surface area contributed by atoms with E-state index in [2.05, 4.69) is 34.9 Å². The van der Waals surface area contributed by atoms with Crippen LogP contribution in [0.3, 0.4) is 0 Å². The van der Waals surface area contributed by atoms with E-state index in [4.69, 9.17) is 4.74 Å². The quantitative estimate of drug-likeness (QED) is 0.492. The number of benzene rings is 2. The molecule has 5 rings (SSSR count). The molecular weight excluding hydrogens is 434 g/mol. The fourth-order valence-electron chi connectivity index (χ4n) is 6.40. The fraction of sp³-hybridized carbons (Fsp3) is 0.567. The maximum atomic E-state index is 12.5. The molecule has 2 aliphatic carbocycles. The summed E-state index contributed by atoms with van der Waals surface area (Å²) in [6.07, 6.45) is 7.54. The largest absolute Gasteiger partial charge is 0.445 e. The summed E-state index contributed by atoms with van der Waals surface area (Å²) in [4.78, 5) is 19.5. The monoisotopic (exact) mass is 475 g/mol. The third-order valence-electron chi connectivity index (χ3n) is 8.53. The van der Waals surface area contributed by atoms with E-state index in [1.165, 1.54) is 62.0 Å². The molecule has 0 spiro atoms. The zero-order valence-corrected chi connectivity index (χ0v) is 21.5. The van der Waals surface area contributed by atoms with E-state index in [9.17, 15) is 4.79 Å². The molecule has 0 aromatic heterocycles. The number of amides is 1. The highest BCUT2D eigenvalue weighted by molar-refractivity contribution is 5.67. The Morgan fingerprint density at radius 3 is 2.49 bits per heavy atom. The van der Waals surface area contributed by atoms with Crippen LogP contribution in [0.2, 0.25) is 0 Å². The molecule has 0 radical (unpaired) electrons. The molecule has 1 saturated heterocycles. The van der Waals surface area contributed by atoms with Crippen LogP contribution in [0.5, 0.6) is 0 Å². The molecule has 5 heteroatoms. The summed E-state index contributed by atoms with van der Waals surface area (Å²) < 4.78 is 5.50. The van der Waals surface area contributed by atoms with Gasteiger partial charge in [0.05, 0.1) is 0 Å². The maximum absolute atomic E-state index is 12.5. The minimum Gasteiger partial charge on any atom is -0.445 e. The van der Waals surface area contributed by atoms with Crippen molar-refractivity contribution >= 4 is 11.8 Å². The van der Waals surface area contributed by atoms with Gasteiger partial charge in [-0.1, -0.05) is 56.2 Å². The van der Waals surface area contributed by atoms with Gasteiger partial charge in [0, 0.05) is 51.5 Å². The normalized spacial score (nSPS) is 22.9. The van der Waals surface area contributed by atoms with Crippen LogP contribution < -0.4 is 4.90 Å². The van der Waals surface area contributed by atoms with Gasteiger partial charge in [0.2, 0.25) is 0 Å². The van der Waals surface area contributed by atoms with Gasteiger partial charge >= 0.3 is 6.09 Å². The Hall–Kier alpha value is -2.53. The summed E-state index contributed by atoms with van der Waals surface area (Å²) in [5.41, 5.74) is 5.41. The van der Waals surface area contributed by atoms with Crippen molar-refractivity contribution in [2.45, 2.75) is 69.9 Å². The minimum atomic E-state index is -0.243. The number of ether oxygens (including phenoxy) is 1. The van der Waals surface area contributed by atoms with Crippen LogP contribution in [-0.2, 0) is 11.3 Å². The first-order chi connectivity index (χ1) is 17.1. The number of piperazine rings is 1. The first kappa shape index (κ1) is 24.2. The van der Waals surface area contributed by atoms with Gasteiger partial charge in [-0.25, -0.2) is 4.79 Å². The highest BCUT2D eigenvalue weighted by atomic mass is 16.6. The van der Waals surface area contributed by atoms with Crippen LogP contribution in [0, 0.1) is 0 Å². The second-order valence-electron chi connectivity index (χ2n) is 10.9. The molecular formula is C30H41N3O2. The van der Waals surface area contributed by atoms with E-state index in [0.717, 1.165) is 37.7 Å². The first-order valence-corrected chi connectivity index (χ1v) is 13.6. The number of hydrogen-bond donors (Lipinski definition) is 0. The van der Waals surface area contributed by atoms with Gasteiger partial charge in [-0.05, 0) is 66.3 Å². The van der Waals surface area contributed by atoms with Crippen molar-refractivity contribution in [3.05, 3.63) is 65.2 Å². The smallest absolute Gasteiger partial charge is 0.409 e. The molecule has 1 aliphatic heterocycles. The van der Waals surface area contributed by atoms with Gasteiger partial charge < -0.3 is 14.5 Å². The zero-order valence-electron chi connectivity index (χ0n) is 21.5. The Bertz CT molecular complexity index is 980. The molecule has 1 heterocycles. The van der Waals surface area contributed by atoms with Crippen molar-refractivity contribution in [1.82, 2.24) is 9.80 Å². The number of fused-ring (bicyclic) bond motifs is 1. The first-order valence-electron chi connectivity index (χ1n) is 13.6. The second kappa shape index (κ2) is 11.0. The molecule has 188 valence electrons. The third-order valence-corrected chi connectivity index (χ3v) is 8.53. The van der Waals surface area contributed by atoms with E-state index in [0.29, 0.717) is 18.4 Å². The minimum absolute atomic E-state index is 0.243. The van der Waals surface area contributed by atoms with E-state index in [1.807, 2.05) is 37.4 Å². The van der Waals surface area contributed by atoms with Gasteiger partial charge in [-0.3, -0.25) is 4.90 Å². The van der Waals surface area contributed by atoms with Crippen LogP contribution in [0.4, 0.5) is 10.5 Å². The lowest BCUT2D eigenvalue weighted by Gasteiger charge is -2.39. The van der Waals surface area contributed by atoms with Crippen molar-refractivity contribution in [3.63, 3.8) is 0 Å². The predicted molar refractivity (Wildman–Crippen MR) is 142 cm³/mol. The van der Waals surface area contributed by atoms with E-state index in [-0.39, 0.29) is 6.09 Å². The molecule has 2 aromatic rings. The Morgan fingerprint density at radius 1 is 1.00 bits per heavy atom. The summed E-state index contributed by atoms with van der Waals surface area (Å²) in [7, 11) is 1.85. The number of rotatable bonds is 7. The molecule has 2 aromatic carbocycles. The van der Waals surface area contributed by atoms with Crippen molar-refractivity contribution in [2.75, 3.05) is 44.7 Å². The van der Waals surface area contributed by atoms with Gasteiger partial charge in [0.1, 0.15) is 6.61 Å². The van der Waals surface area contributed by atoms with Crippen molar-refractivity contribution in [1.29, 1.82) is 0 Å². The molecule has 2 fully saturated rings. The van der Waals surface area contributed by atoms with Gasteiger partial charge in [0.15, 0.2) is 0 Å². The summed E-state index contributed by atoms with van der Waals surface area (Å²) in [5.74, 6) is 1.09. The Balaban J connectivity index is 1.13. The van der Waals surface area contributed by atoms with Crippen LogP contribution in [-0.4, -0.2) is 61.7 Å². The molecule has 0 N–H and O–H groups in total. The van der Waals surface area contributed by atoms with Crippen LogP contribution in [0.25, 0.3) is 0 Å². The standard InChI is InChI=1S/C30H41N3O2/c1-23-20-25(14-15-31(2)30(34)35-22-24-8-4-3-5-9-24)28-13-12-27(21-29(23)28)33-18-16-32(17-19-33)26-10-6-7-11-26/h3-5,8-9,12-13,21,23,25-26H,6-7,10-11,14-20,22H2,1-2H3/t23-,25-/m1/s1. The Labute approximate surface area is 211 Å². The van der Waals surface area contributed by atoms with Crippen molar-refractivity contribution < 1.29 is 9.53 Å². The highest BCUT2D eigenvalue weighted by Crippen LogP contribution is 2.44. The number of carbonyl (C=O) groups is 1. The fourth-order valence-corrected chi connectivity index (χ4v) is 6.40. The second-order valence-corrected chi connectivity index (χ2v) is 10.9. The van der Waals surface area contributed by atoms with Gasteiger partial charge in [0.25, 0.3) is 0 Å². The van der Waals surface area contributed by atoms with Crippen LogP contribution in [0.15, 0.2) is 48.5 Å². The van der Waals surface area contributed by atoms with E-state index >= 15 is 0 Å². The lowest BCUT2D eigenvalue weighted by atomic mass is 9.97. The van der Waals surface area contributed by atoms with E-state index < -0.39 is 0 Å². The average Bonchev–Trinajstić information content (AvgIpc) is 3.55. The molecule has 2 atom stereocenters.